The molecule has 0 N–H and O–H groups in total. The van der Waals surface area contributed by atoms with Crippen molar-refractivity contribution in [3.05, 3.63) is 94.0 Å². The Balaban J connectivity index is 1.68. The van der Waals surface area contributed by atoms with Crippen LogP contribution >= 0.6 is 35.0 Å². The number of carbonyl (C=O) groups excluding carboxylic acids is 2. The molecular weight excluding hydrogens is 451 g/mol. The van der Waals surface area contributed by atoms with E-state index in [2.05, 4.69) is 0 Å². The van der Waals surface area contributed by atoms with Crippen molar-refractivity contribution >= 4 is 58.2 Å². The average molecular weight is 469 g/mol. The number of anilines is 2. The van der Waals surface area contributed by atoms with Gasteiger partial charge >= 0.3 is 0 Å². The van der Waals surface area contributed by atoms with Gasteiger partial charge in [-0.05, 0) is 42.8 Å². The number of hydrogen-bond donors (Lipinski definition) is 0. The SMILES string of the molecule is CC1SC2(C(=O)N(Cc3ccccc3Cl)c3ccccc32)N(c2cccc(Cl)c2)C1=O. The fourth-order valence-electron chi connectivity index (χ4n) is 4.31. The van der Waals surface area contributed by atoms with Crippen LogP contribution in [-0.2, 0) is 21.0 Å². The van der Waals surface area contributed by atoms with Crippen LogP contribution in [0.2, 0.25) is 10.0 Å². The van der Waals surface area contributed by atoms with Crippen LogP contribution in [0, 0.1) is 0 Å². The first-order valence-corrected chi connectivity index (χ1v) is 11.5. The zero-order chi connectivity index (χ0) is 21.8. The highest BCUT2D eigenvalue weighted by molar-refractivity contribution is 8.03. The molecule has 0 radical (unpaired) electrons. The Morgan fingerprint density at radius 1 is 0.968 bits per heavy atom. The fourth-order valence-corrected chi connectivity index (χ4v) is 6.22. The molecule has 2 heterocycles. The Morgan fingerprint density at radius 3 is 2.48 bits per heavy atom. The number of para-hydroxylation sites is 1. The number of amides is 2. The van der Waals surface area contributed by atoms with E-state index in [1.807, 2.05) is 61.5 Å². The van der Waals surface area contributed by atoms with Gasteiger partial charge in [-0.15, -0.1) is 11.8 Å². The molecule has 2 amide bonds. The molecule has 0 bridgehead atoms. The summed E-state index contributed by atoms with van der Waals surface area (Å²) in [6, 6.07) is 22.2. The van der Waals surface area contributed by atoms with Crippen molar-refractivity contribution in [3.63, 3.8) is 0 Å². The van der Waals surface area contributed by atoms with Gasteiger partial charge in [-0.1, -0.05) is 65.7 Å². The third-order valence-electron chi connectivity index (χ3n) is 5.68. The van der Waals surface area contributed by atoms with Gasteiger partial charge in [0.05, 0.1) is 17.5 Å². The summed E-state index contributed by atoms with van der Waals surface area (Å²) >= 11 is 14.0. The molecule has 31 heavy (non-hydrogen) atoms. The molecule has 0 aromatic heterocycles. The highest BCUT2D eigenvalue weighted by atomic mass is 35.5. The summed E-state index contributed by atoms with van der Waals surface area (Å²) < 4.78 is 0. The maximum absolute atomic E-state index is 14.1. The highest BCUT2D eigenvalue weighted by Crippen LogP contribution is 2.58. The Kier molecular flexibility index (Phi) is 5.00. The first-order valence-electron chi connectivity index (χ1n) is 9.86. The Hall–Kier alpha value is -2.47. The standard InChI is InChI=1S/C24H18Cl2N2O2S/c1-15-22(29)28(18-9-6-8-17(25)13-18)24(31-15)19-10-3-5-12-21(19)27(23(24)30)14-16-7-2-4-11-20(16)26/h2-13,15H,14H2,1H3. The number of thioether (sulfide) groups is 1. The van der Waals surface area contributed by atoms with Gasteiger partial charge < -0.3 is 4.90 Å². The van der Waals surface area contributed by atoms with Crippen molar-refractivity contribution < 1.29 is 9.59 Å². The lowest BCUT2D eigenvalue weighted by molar-refractivity contribution is -0.124. The molecule has 7 heteroatoms. The molecule has 2 aliphatic heterocycles. The summed E-state index contributed by atoms with van der Waals surface area (Å²) in [7, 11) is 0. The lowest BCUT2D eigenvalue weighted by Crippen LogP contribution is -2.49. The second-order valence-electron chi connectivity index (χ2n) is 7.56. The lowest BCUT2D eigenvalue weighted by Gasteiger charge is -2.33. The molecular formula is C24H18Cl2N2O2S. The smallest absolute Gasteiger partial charge is 0.269 e. The summed E-state index contributed by atoms with van der Waals surface area (Å²) in [6.45, 7) is 2.16. The maximum atomic E-state index is 14.1. The number of fused-ring (bicyclic) bond motifs is 2. The average Bonchev–Trinajstić information content (AvgIpc) is 3.16. The van der Waals surface area contributed by atoms with Gasteiger partial charge in [0, 0.05) is 21.3 Å². The quantitative estimate of drug-likeness (QED) is 0.483. The van der Waals surface area contributed by atoms with Crippen LogP contribution in [0.5, 0.6) is 0 Å². The van der Waals surface area contributed by atoms with E-state index in [1.54, 1.807) is 28.0 Å². The predicted molar refractivity (Wildman–Crippen MR) is 127 cm³/mol. The zero-order valence-electron chi connectivity index (χ0n) is 16.6. The minimum atomic E-state index is -1.18. The highest BCUT2D eigenvalue weighted by Gasteiger charge is 2.63. The van der Waals surface area contributed by atoms with Crippen molar-refractivity contribution in [2.45, 2.75) is 23.6 Å². The summed E-state index contributed by atoms with van der Waals surface area (Å²) in [6.07, 6.45) is 0. The summed E-state index contributed by atoms with van der Waals surface area (Å²) in [5.74, 6) is -0.272. The molecule has 0 saturated carbocycles. The Labute approximate surface area is 194 Å². The normalized spacial score (nSPS) is 22.5. The number of halogens is 2. The van der Waals surface area contributed by atoms with E-state index >= 15 is 0 Å². The molecule has 1 spiro atoms. The summed E-state index contributed by atoms with van der Waals surface area (Å²) in [4.78, 5) is 29.6. The van der Waals surface area contributed by atoms with Gasteiger partial charge in [-0.2, -0.15) is 0 Å². The molecule has 1 fully saturated rings. The van der Waals surface area contributed by atoms with Gasteiger partial charge in [-0.25, -0.2) is 0 Å². The first-order chi connectivity index (χ1) is 14.9. The molecule has 2 unspecified atom stereocenters. The molecule has 5 rings (SSSR count). The van der Waals surface area contributed by atoms with Crippen molar-refractivity contribution in [3.8, 4) is 0 Å². The van der Waals surface area contributed by atoms with E-state index in [9.17, 15) is 9.59 Å². The molecule has 1 saturated heterocycles. The monoisotopic (exact) mass is 468 g/mol. The van der Waals surface area contributed by atoms with E-state index < -0.39 is 4.87 Å². The van der Waals surface area contributed by atoms with Crippen LogP contribution in [0.1, 0.15) is 18.1 Å². The van der Waals surface area contributed by atoms with Crippen LogP contribution in [0.4, 0.5) is 11.4 Å². The zero-order valence-corrected chi connectivity index (χ0v) is 18.9. The maximum Gasteiger partial charge on any atom is 0.269 e. The number of nitrogens with zero attached hydrogens (tertiary/aromatic N) is 2. The van der Waals surface area contributed by atoms with Crippen molar-refractivity contribution in [1.29, 1.82) is 0 Å². The van der Waals surface area contributed by atoms with Crippen LogP contribution < -0.4 is 9.80 Å². The van der Waals surface area contributed by atoms with E-state index in [0.717, 1.165) is 16.8 Å². The van der Waals surface area contributed by atoms with E-state index in [4.69, 9.17) is 23.2 Å². The lowest BCUT2D eigenvalue weighted by atomic mass is 10.0. The summed E-state index contributed by atoms with van der Waals surface area (Å²) in [5.41, 5.74) is 3.04. The largest absolute Gasteiger partial charge is 0.304 e. The molecule has 0 aliphatic carbocycles. The molecule has 3 aromatic rings. The van der Waals surface area contributed by atoms with Gasteiger partial charge in [0.2, 0.25) is 10.8 Å². The first kappa shape index (κ1) is 20.4. The number of hydrogen-bond acceptors (Lipinski definition) is 3. The Bertz CT molecular complexity index is 1220. The minimum absolute atomic E-state index is 0.116. The van der Waals surface area contributed by atoms with E-state index in [1.165, 1.54) is 11.8 Å². The molecule has 4 nitrogen and oxygen atoms in total. The number of rotatable bonds is 3. The van der Waals surface area contributed by atoms with Crippen molar-refractivity contribution in [2.24, 2.45) is 0 Å². The molecule has 3 aromatic carbocycles. The molecule has 2 atom stereocenters. The minimum Gasteiger partial charge on any atom is -0.304 e. The summed E-state index contributed by atoms with van der Waals surface area (Å²) in [5, 5.41) is 0.733. The predicted octanol–water partition coefficient (Wildman–Crippen LogP) is 5.86. The second kappa shape index (κ2) is 7.59. The van der Waals surface area contributed by atoms with Crippen molar-refractivity contribution in [1.82, 2.24) is 0 Å². The van der Waals surface area contributed by atoms with E-state index in [-0.39, 0.29) is 17.1 Å². The van der Waals surface area contributed by atoms with Gasteiger partial charge in [0.25, 0.3) is 5.91 Å². The van der Waals surface area contributed by atoms with Gasteiger partial charge in [0.1, 0.15) is 0 Å². The molecule has 2 aliphatic rings. The van der Waals surface area contributed by atoms with Gasteiger partial charge in [-0.3, -0.25) is 14.5 Å². The van der Waals surface area contributed by atoms with Gasteiger partial charge in [0.15, 0.2) is 0 Å². The van der Waals surface area contributed by atoms with Crippen LogP contribution in [-0.4, -0.2) is 17.1 Å². The second-order valence-corrected chi connectivity index (χ2v) is 9.93. The third-order valence-corrected chi connectivity index (χ3v) is 7.76. The number of carbonyl (C=O) groups is 2. The molecule has 156 valence electrons. The Morgan fingerprint density at radius 2 is 1.71 bits per heavy atom. The van der Waals surface area contributed by atoms with Crippen LogP contribution in [0.3, 0.4) is 0 Å². The van der Waals surface area contributed by atoms with Crippen molar-refractivity contribution in [2.75, 3.05) is 9.80 Å². The topological polar surface area (TPSA) is 40.6 Å². The third kappa shape index (κ3) is 3.06. The van der Waals surface area contributed by atoms with E-state index in [0.29, 0.717) is 22.3 Å². The van der Waals surface area contributed by atoms with Crippen LogP contribution in [0.15, 0.2) is 72.8 Å². The fraction of sp³-hybridized carbons (Fsp3) is 0.167. The van der Waals surface area contributed by atoms with Crippen LogP contribution in [0.25, 0.3) is 0 Å². The number of benzene rings is 3.